The van der Waals surface area contributed by atoms with Gasteiger partial charge in [0.2, 0.25) is 0 Å². The highest BCUT2D eigenvalue weighted by Gasteiger charge is 2.32. The Bertz CT molecular complexity index is 694. The largest absolute Gasteiger partial charge is 0.433 e. The average molecular weight is 350 g/mol. The first-order valence-corrected chi connectivity index (χ1v) is 6.53. The number of carbonyl (C=O) groups excluding carboxylic acids is 1. The summed E-state index contributed by atoms with van der Waals surface area (Å²) in [5.41, 5.74) is 4.85. The molecule has 0 fully saturated rings. The van der Waals surface area contributed by atoms with Crippen molar-refractivity contribution in [3.8, 4) is 0 Å². The summed E-state index contributed by atoms with van der Waals surface area (Å²) < 4.78 is 37.2. The number of amides is 1. The molecule has 0 aliphatic carbocycles. The molecule has 0 aliphatic rings. The normalized spacial score (nSPS) is 11.3. The van der Waals surface area contributed by atoms with Crippen LogP contribution in [0, 0.1) is 0 Å². The zero-order chi connectivity index (χ0) is 16.5. The van der Waals surface area contributed by atoms with Gasteiger partial charge in [-0.25, -0.2) is 0 Å². The molecule has 2 aromatic rings. The molecule has 0 aliphatic heterocycles. The third-order valence-electron chi connectivity index (χ3n) is 2.65. The minimum Gasteiger partial charge on any atom is -0.396 e. The maximum Gasteiger partial charge on any atom is 0.433 e. The molecule has 0 radical (unpaired) electrons. The molecule has 116 valence electrons. The summed E-state index contributed by atoms with van der Waals surface area (Å²) in [6.07, 6.45) is -3.73. The van der Waals surface area contributed by atoms with Gasteiger partial charge in [0.1, 0.15) is 5.69 Å². The number of rotatable bonds is 2. The Morgan fingerprint density at radius 1 is 1.18 bits per heavy atom. The summed E-state index contributed by atoms with van der Waals surface area (Å²) in [7, 11) is 0. The molecule has 2 rings (SSSR count). The van der Waals surface area contributed by atoms with Crippen molar-refractivity contribution in [3.05, 3.63) is 51.8 Å². The van der Waals surface area contributed by atoms with Crippen molar-refractivity contribution in [1.82, 2.24) is 4.98 Å². The molecule has 0 bridgehead atoms. The molecule has 0 saturated carbocycles. The highest BCUT2D eigenvalue weighted by molar-refractivity contribution is 6.39. The standard InChI is InChI=1S/C13H8Cl2F3N3O/c14-8-3-7(4-9(15)11(8)19)21-12(22)6-1-2-10(20-5-6)13(16,17)18/h1-5H,19H2,(H,21,22). The topological polar surface area (TPSA) is 68.0 Å². The molecule has 1 amide bonds. The number of halogens is 5. The second-order valence-corrected chi connectivity index (χ2v) is 5.05. The van der Waals surface area contributed by atoms with Gasteiger partial charge >= 0.3 is 6.18 Å². The van der Waals surface area contributed by atoms with Gasteiger partial charge in [0, 0.05) is 11.9 Å². The van der Waals surface area contributed by atoms with Crippen LogP contribution in [-0.2, 0) is 6.18 Å². The van der Waals surface area contributed by atoms with Gasteiger partial charge in [-0.05, 0) is 24.3 Å². The Kier molecular flexibility index (Phi) is 4.48. The van der Waals surface area contributed by atoms with Crippen LogP contribution in [0.3, 0.4) is 0 Å². The molecule has 0 unspecified atom stereocenters. The van der Waals surface area contributed by atoms with Crippen LogP contribution >= 0.6 is 23.2 Å². The van der Waals surface area contributed by atoms with Crippen molar-refractivity contribution in [2.75, 3.05) is 11.1 Å². The number of nitrogens with one attached hydrogen (secondary N) is 1. The number of nitrogens with zero attached hydrogens (tertiary/aromatic N) is 1. The van der Waals surface area contributed by atoms with Crippen LogP contribution in [0.15, 0.2) is 30.5 Å². The van der Waals surface area contributed by atoms with Gasteiger partial charge in [0.25, 0.3) is 5.91 Å². The predicted octanol–water partition coefficient (Wildman–Crippen LogP) is 4.24. The van der Waals surface area contributed by atoms with E-state index in [9.17, 15) is 18.0 Å². The first kappa shape index (κ1) is 16.4. The Labute approximate surface area is 133 Å². The van der Waals surface area contributed by atoms with E-state index in [4.69, 9.17) is 28.9 Å². The SMILES string of the molecule is Nc1c(Cl)cc(NC(=O)c2ccc(C(F)(F)F)nc2)cc1Cl. The Morgan fingerprint density at radius 3 is 2.23 bits per heavy atom. The quantitative estimate of drug-likeness (QED) is 0.796. The number of nitrogens with two attached hydrogens (primary N) is 1. The highest BCUT2D eigenvalue weighted by atomic mass is 35.5. The van der Waals surface area contributed by atoms with E-state index in [-0.39, 0.29) is 27.0 Å². The van der Waals surface area contributed by atoms with Crippen LogP contribution in [0.5, 0.6) is 0 Å². The maximum absolute atomic E-state index is 12.4. The summed E-state index contributed by atoms with van der Waals surface area (Å²) in [6.45, 7) is 0. The van der Waals surface area contributed by atoms with Crippen molar-refractivity contribution >= 4 is 40.5 Å². The van der Waals surface area contributed by atoms with Gasteiger partial charge in [0.05, 0.1) is 21.3 Å². The second kappa shape index (κ2) is 6.02. The highest BCUT2D eigenvalue weighted by Crippen LogP contribution is 2.31. The van der Waals surface area contributed by atoms with Gasteiger partial charge in [-0.2, -0.15) is 13.2 Å². The molecule has 0 spiro atoms. The lowest BCUT2D eigenvalue weighted by molar-refractivity contribution is -0.141. The van der Waals surface area contributed by atoms with E-state index in [0.29, 0.717) is 0 Å². The number of anilines is 2. The van der Waals surface area contributed by atoms with Gasteiger partial charge < -0.3 is 11.1 Å². The molecule has 0 atom stereocenters. The first-order valence-electron chi connectivity index (χ1n) is 5.77. The van der Waals surface area contributed by atoms with Crippen LogP contribution in [0.1, 0.15) is 16.1 Å². The van der Waals surface area contributed by atoms with Crippen molar-refractivity contribution in [3.63, 3.8) is 0 Å². The van der Waals surface area contributed by atoms with Gasteiger partial charge in [-0.1, -0.05) is 23.2 Å². The Balaban J connectivity index is 2.19. The number of hydrogen-bond acceptors (Lipinski definition) is 3. The lowest BCUT2D eigenvalue weighted by Gasteiger charge is -2.09. The molecule has 1 aromatic carbocycles. The van der Waals surface area contributed by atoms with Gasteiger partial charge in [-0.15, -0.1) is 0 Å². The fourth-order valence-electron chi connectivity index (χ4n) is 1.56. The molecular weight excluding hydrogens is 342 g/mol. The number of nitrogen functional groups attached to an aromatic ring is 1. The number of hydrogen-bond donors (Lipinski definition) is 2. The zero-order valence-corrected chi connectivity index (χ0v) is 12.2. The maximum atomic E-state index is 12.4. The van der Waals surface area contributed by atoms with E-state index in [1.165, 1.54) is 12.1 Å². The molecular formula is C13H8Cl2F3N3O. The van der Waals surface area contributed by atoms with Crippen LogP contribution < -0.4 is 11.1 Å². The van der Waals surface area contributed by atoms with E-state index < -0.39 is 17.8 Å². The van der Waals surface area contributed by atoms with Crippen LogP contribution in [-0.4, -0.2) is 10.9 Å². The molecule has 9 heteroatoms. The smallest absolute Gasteiger partial charge is 0.396 e. The third kappa shape index (κ3) is 3.61. The monoisotopic (exact) mass is 349 g/mol. The lowest BCUT2D eigenvalue weighted by atomic mass is 10.2. The fourth-order valence-corrected chi connectivity index (χ4v) is 2.04. The van der Waals surface area contributed by atoms with E-state index in [2.05, 4.69) is 10.3 Å². The summed E-state index contributed by atoms with van der Waals surface area (Å²) in [5.74, 6) is -0.655. The molecule has 4 nitrogen and oxygen atoms in total. The molecule has 22 heavy (non-hydrogen) atoms. The third-order valence-corrected chi connectivity index (χ3v) is 3.28. The van der Waals surface area contributed by atoms with E-state index >= 15 is 0 Å². The van der Waals surface area contributed by atoms with Crippen LogP contribution in [0.25, 0.3) is 0 Å². The summed E-state index contributed by atoms with van der Waals surface area (Å²) in [5, 5.41) is 2.73. The summed E-state index contributed by atoms with van der Waals surface area (Å²) >= 11 is 11.6. The van der Waals surface area contributed by atoms with Gasteiger partial charge in [-0.3, -0.25) is 9.78 Å². The minimum atomic E-state index is -4.56. The first-order chi connectivity index (χ1) is 10.2. The number of aromatic nitrogens is 1. The predicted molar refractivity (Wildman–Crippen MR) is 78.1 cm³/mol. The molecule has 0 saturated heterocycles. The van der Waals surface area contributed by atoms with Crippen LogP contribution in [0.2, 0.25) is 10.0 Å². The van der Waals surface area contributed by atoms with E-state index in [1.807, 2.05) is 0 Å². The van der Waals surface area contributed by atoms with Crippen LogP contribution in [0.4, 0.5) is 24.5 Å². The van der Waals surface area contributed by atoms with E-state index in [0.717, 1.165) is 18.3 Å². The average Bonchev–Trinajstić information content (AvgIpc) is 2.44. The second-order valence-electron chi connectivity index (χ2n) is 4.24. The van der Waals surface area contributed by atoms with Crippen molar-refractivity contribution in [2.45, 2.75) is 6.18 Å². The number of alkyl halides is 3. The van der Waals surface area contributed by atoms with Gasteiger partial charge in [0.15, 0.2) is 0 Å². The fraction of sp³-hybridized carbons (Fsp3) is 0.0769. The molecule has 3 N–H and O–H groups in total. The summed E-state index contributed by atoms with van der Waals surface area (Å²) in [6, 6.07) is 4.49. The zero-order valence-electron chi connectivity index (χ0n) is 10.7. The lowest BCUT2D eigenvalue weighted by Crippen LogP contribution is -2.14. The number of carbonyl (C=O) groups is 1. The molecule has 1 aromatic heterocycles. The Morgan fingerprint density at radius 2 is 1.77 bits per heavy atom. The summed E-state index contributed by atoms with van der Waals surface area (Å²) in [4.78, 5) is 15.1. The van der Waals surface area contributed by atoms with Crippen molar-refractivity contribution < 1.29 is 18.0 Å². The number of pyridine rings is 1. The van der Waals surface area contributed by atoms with E-state index in [1.54, 1.807) is 0 Å². The Hall–Kier alpha value is -1.99. The molecule has 1 heterocycles. The minimum absolute atomic E-state index is 0.0444. The van der Waals surface area contributed by atoms with Crippen molar-refractivity contribution in [2.24, 2.45) is 0 Å². The van der Waals surface area contributed by atoms with Crippen molar-refractivity contribution in [1.29, 1.82) is 0 Å². The number of benzene rings is 1.